The van der Waals surface area contributed by atoms with Crippen LogP contribution in [0, 0.1) is 5.92 Å². The van der Waals surface area contributed by atoms with Crippen LogP contribution >= 0.6 is 0 Å². The summed E-state index contributed by atoms with van der Waals surface area (Å²) in [5.74, 6) is 1.62. The second-order valence-corrected chi connectivity index (χ2v) is 7.42. The summed E-state index contributed by atoms with van der Waals surface area (Å²) in [6, 6.07) is 7.07. The van der Waals surface area contributed by atoms with E-state index in [9.17, 15) is 4.79 Å². The van der Waals surface area contributed by atoms with Crippen molar-refractivity contribution in [1.82, 2.24) is 15.1 Å². The highest BCUT2D eigenvalue weighted by Gasteiger charge is 2.34. The molecule has 2 saturated heterocycles. The average molecular weight is 341 g/mol. The number of carbonyl (C=O) groups is 1. The van der Waals surface area contributed by atoms with E-state index in [2.05, 4.69) is 35.0 Å². The molecule has 1 aromatic carbocycles. The van der Waals surface area contributed by atoms with Gasteiger partial charge in [0.25, 0.3) is 0 Å². The van der Waals surface area contributed by atoms with Gasteiger partial charge < -0.3 is 10.1 Å². The molecule has 5 nitrogen and oxygen atoms in total. The van der Waals surface area contributed by atoms with Gasteiger partial charge in [-0.2, -0.15) is 0 Å². The molecule has 5 heteroatoms. The highest BCUT2D eigenvalue weighted by Crippen LogP contribution is 2.40. The Morgan fingerprint density at radius 1 is 1.36 bits per heavy atom. The smallest absolute Gasteiger partial charge is 0.321 e. The van der Waals surface area contributed by atoms with Crippen molar-refractivity contribution in [3.8, 4) is 5.75 Å². The molecule has 0 spiro atoms. The molecular weight excluding hydrogens is 314 g/mol. The normalized spacial score (nSPS) is 26.2. The Balaban J connectivity index is 1.43. The number of ether oxygens (including phenoxy) is 1. The fourth-order valence-corrected chi connectivity index (χ4v) is 4.54. The number of urea groups is 1. The molecule has 2 unspecified atom stereocenters. The quantitative estimate of drug-likeness (QED) is 0.916. The first-order chi connectivity index (χ1) is 12.2. The van der Waals surface area contributed by atoms with Crippen molar-refractivity contribution in [3.63, 3.8) is 0 Å². The monoisotopic (exact) mass is 341 g/mol. The number of carbonyl (C=O) groups excluding carboxylic acids is 1. The van der Waals surface area contributed by atoms with Crippen molar-refractivity contribution in [2.75, 3.05) is 33.3 Å². The van der Waals surface area contributed by atoms with Gasteiger partial charge in [-0.25, -0.2) is 4.79 Å². The number of hydrogen-bond acceptors (Lipinski definition) is 3. The van der Waals surface area contributed by atoms with Gasteiger partial charge in [0.1, 0.15) is 5.75 Å². The van der Waals surface area contributed by atoms with Gasteiger partial charge in [0.15, 0.2) is 0 Å². The van der Waals surface area contributed by atoms with Gasteiger partial charge in [-0.15, -0.1) is 0 Å². The first-order valence-electron chi connectivity index (χ1n) is 9.29. The molecule has 134 valence electrons. The zero-order chi connectivity index (χ0) is 17.4. The van der Waals surface area contributed by atoms with Crippen LogP contribution in [0.3, 0.4) is 0 Å². The third kappa shape index (κ3) is 3.13. The predicted octanol–water partition coefficient (Wildman–Crippen LogP) is 2.93. The lowest BCUT2D eigenvalue weighted by Crippen LogP contribution is -2.42. The highest BCUT2D eigenvalue weighted by atomic mass is 16.5. The largest absolute Gasteiger partial charge is 0.497 e. The lowest BCUT2D eigenvalue weighted by atomic mass is 9.81. The standard InChI is InChI=1S/C20H27N3O2/c1-14-13-21-20(24)23(14)10-6-15-5-8-22-9-7-16-12-17(25-2)3-4-18(16)19(22)11-15/h3-4,12,15,19H,1,5-11,13H2,2H3,(H,21,24). The van der Waals surface area contributed by atoms with Gasteiger partial charge in [-0.1, -0.05) is 12.6 Å². The number of amides is 2. The minimum Gasteiger partial charge on any atom is -0.497 e. The molecule has 2 fully saturated rings. The number of piperidine rings is 1. The molecule has 1 aromatic rings. The lowest BCUT2D eigenvalue weighted by molar-refractivity contribution is 0.0970. The summed E-state index contributed by atoms with van der Waals surface area (Å²) in [7, 11) is 1.73. The molecule has 25 heavy (non-hydrogen) atoms. The number of nitrogens with zero attached hydrogens (tertiary/aromatic N) is 2. The Hall–Kier alpha value is -2.01. The van der Waals surface area contributed by atoms with Crippen molar-refractivity contribution >= 4 is 6.03 Å². The summed E-state index contributed by atoms with van der Waals surface area (Å²) in [5.41, 5.74) is 3.81. The van der Waals surface area contributed by atoms with E-state index in [1.165, 1.54) is 24.0 Å². The molecule has 1 N–H and O–H groups in total. The first-order valence-corrected chi connectivity index (χ1v) is 9.29. The molecular formula is C20H27N3O2. The third-order valence-corrected chi connectivity index (χ3v) is 6.03. The van der Waals surface area contributed by atoms with Gasteiger partial charge in [0.2, 0.25) is 0 Å². The van der Waals surface area contributed by atoms with E-state index in [0.29, 0.717) is 18.5 Å². The Bertz CT molecular complexity index is 672. The van der Waals surface area contributed by atoms with E-state index in [1.807, 2.05) is 4.90 Å². The number of benzene rings is 1. The molecule has 0 aliphatic carbocycles. The van der Waals surface area contributed by atoms with E-state index in [1.54, 1.807) is 7.11 Å². The molecule has 4 rings (SSSR count). The Morgan fingerprint density at radius 2 is 2.24 bits per heavy atom. The molecule has 2 atom stereocenters. The molecule has 2 amide bonds. The highest BCUT2D eigenvalue weighted by molar-refractivity contribution is 5.79. The number of methoxy groups -OCH3 is 1. The summed E-state index contributed by atoms with van der Waals surface area (Å²) in [6.07, 6.45) is 4.58. The van der Waals surface area contributed by atoms with E-state index < -0.39 is 0 Å². The average Bonchev–Trinajstić information content (AvgIpc) is 2.97. The van der Waals surface area contributed by atoms with Crippen molar-refractivity contribution < 1.29 is 9.53 Å². The Morgan fingerprint density at radius 3 is 3.00 bits per heavy atom. The maximum atomic E-state index is 11.8. The first kappa shape index (κ1) is 16.5. The van der Waals surface area contributed by atoms with Gasteiger partial charge in [-0.3, -0.25) is 9.80 Å². The van der Waals surface area contributed by atoms with E-state index in [0.717, 1.165) is 43.9 Å². The summed E-state index contributed by atoms with van der Waals surface area (Å²) < 4.78 is 5.39. The molecule has 0 bridgehead atoms. The Kier molecular flexibility index (Phi) is 4.42. The van der Waals surface area contributed by atoms with Crippen LogP contribution in [0.25, 0.3) is 0 Å². The minimum atomic E-state index is 0.0116. The zero-order valence-electron chi connectivity index (χ0n) is 15.0. The molecule has 0 aromatic heterocycles. The number of rotatable bonds is 4. The lowest BCUT2D eigenvalue weighted by Gasteiger charge is -2.43. The van der Waals surface area contributed by atoms with Crippen LogP contribution in [0.1, 0.15) is 36.4 Å². The second kappa shape index (κ2) is 6.71. The summed E-state index contributed by atoms with van der Waals surface area (Å²) >= 11 is 0. The molecule has 3 aliphatic heterocycles. The SMILES string of the molecule is C=C1CNC(=O)N1CCC1CCN2CCc3cc(OC)ccc3C2C1. The maximum absolute atomic E-state index is 11.8. The number of hydrogen-bond donors (Lipinski definition) is 1. The van der Waals surface area contributed by atoms with Crippen LogP contribution in [0.2, 0.25) is 0 Å². The second-order valence-electron chi connectivity index (χ2n) is 7.42. The fourth-order valence-electron chi connectivity index (χ4n) is 4.54. The van der Waals surface area contributed by atoms with Gasteiger partial charge in [0, 0.05) is 24.8 Å². The summed E-state index contributed by atoms with van der Waals surface area (Å²) in [6.45, 7) is 7.67. The molecule has 3 heterocycles. The number of nitrogens with one attached hydrogen (secondary N) is 1. The van der Waals surface area contributed by atoms with Crippen LogP contribution in [0.4, 0.5) is 4.79 Å². The van der Waals surface area contributed by atoms with E-state index in [4.69, 9.17) is 4.74 Å². The Labute approximate surface area is 149 Å². The topological polar surface area (TPSA) is 44.8 Å². The van der Waals surface area contributed by atoms with Gasteiger partial charge in [0.05, 0.1) is 13.7 Å². The fraction of sp³-hybridized carbons (Fsp3) is 0.550. The molecule has 0 saturated carbocycles. The number of fused-ring (bicyclic) bond motifs is 3. The summed E-state index contributed by atoms with van der Waals surface area (Å²) in [5, 5.41) is 2.84. The predicted molar refractivity (Wildman–Crippen MR) is 97.6 cm³/mol. The van der Waals surface area contributed by atoms with Crippen LogP contribution in [0.5, 0.6) is 5.75 Å². The van der Waals surface area contributed by atoms with Crippen molar-refractivity contribution in [3.05, 3.63) is 41.6 Å². The maximum Gasteiger partial charge on any atom is 0.321 e. The van der Waals surface area contributed by atoms with Crippen LogP contribution in [-0.2, 0) is 6.42 Å². The molecule has 3 aliphatic rings. The molecule has 0 radical (unpaired) electrons. The van der Waals surface area contributed by atoms with Crippen LogP contribution < -0.4 is 10.1 Å². The van der Waals surface area contributed by atoms with Crippen molar-refractivity contribution in [2.45, 2.75) is 31.7 Å². The van der Waals surface area contributed by atoms with Crippen LogP contribution in [-0.4, -0.2) is 49.1 Å². The van der Waals surface area contributed by atoms with Crippen LogP contribution in [0.15, 0.2) is 30.5 Å². The zero-order valence-corrected chi connectivity index (χ0v) is 15.0. The third-order valence-electron chi connectivity index (χ3n) is 6.03. The van der Waals surface area contributed by atoms with E-state index in [-0.39, 0.29) is 6.03 Å². The minimum absolute atomic E-state index is 0.0116. The van der Waals surface area contributed by atoms with Gasteiger partial charge >= 0.3 is 6.03 Å². The van der Waals surface area contributed by atoms with Gasteiger partial charge in [-0.05, 0) is 61.4 Å². The van der Waals surface area contributed by atoms with Crippen molar-refractivity contribution in [2.24, 2.45) is 5.92 Å². The van der Waals surface area contributed by atoms with Crippen molar-refractivity contribution in [1.29, 1.82) is 0 Å². The summed E-state index contributed by atoms with van der Waals surface area (Å²) in [4.78, 5) is 16.3. The van der Waals surface area contributed by atoms with E-state index >= 15 is 0 Å².